The molecule has 3 heteroatoms. The summed E-state index contributed by atoms with van der Waals surface area (Å²) < 4.78 is 0. The average molecular weight is 215 g/mol. The van der Waals surface area contributed by atoms with Crippen molar-refractivity contribution in [2.45, 2.75) is 45.2 Å². The van der Waals surface area contributed by atoms with Crippen LogP contribution in [0.2, 0.25) is 0 Å². The molecule has 2 aliphatic heterocycles. The van der Waals surface area contributed by atoms with Gasteiger partial charge >= 0.3 is 0 Å². The van der Waals surface area contributed by atoms with E-state index in [-0.39, 0.29) is 0 Å². The summed E-state index contributed by atoms with van der Waals surface area (Å²) in [4.78, 5) is 11.4. The summed E-state index contributed by atoms with van der Waals surface area (Å²) in [5.41, 5.74) is 1.07. The van der Waals surface area contributed by atoms with Gasteiger partial charge < -0.3 is 4.90 Å². The van der Waals surface area contributed by atoms with E-state index in [0.717, 1.165) is 17.3 Å². The first-order valence-electron chi connectivity index (χ1n) is 6.01. The Balaban J connectivity index is 2.00. The monoisotopic (exact) mass is 215 g/mol. The molecule has 1 aromatic rings. The van der Waals surface area contributed by atoms with Crippen LogP contribution >= 0.6 is 0 Å². The average Bonchev–Trinajstić information content (AvgIpc) is 2.47. The predicted octanol–water partition coefficient (Wildman–Crippen LogP) is 2.39. The SMILES string of the molecule is Cc1cc(N2C3C=CCC2CC3)nc(C)n1. The Kier molecular flexibility index (Phi) is 2.20. The molecule has 3 nitrogen and oxygen atoms in total. The van der Waals surface area contributed by atoms with Crippen LogP contribution in [0.1, 0.15) is 30.8 Å². The van der Waals surface area contributed by atoms with Gasteiger partial charge in [-0.1, -0.05) is 12.2 Å². The molecular weight excluding hydrogens is 198 g/mol. The molecule has 1 aromatic heterocycles. The van der Waals surface area contributed by atoms with Gasteiger partial charge in [-0.25, -0.2) is 9.97 Å². The first-order valence-corrected chi connectivity index (χ1v) is 6.01. The van der Waals surface area contributed by atoms with Crippen LogP contribution in [0, 0.1) is 13.8 Å². The fourth-order valence-electron chi connectivity index (χ4n) is 2.91. The highest BCUT2D eigenvalue weighted by atomic mass is 15.3. The van der Waals surface area contributed by atoms with Crippen molar-refractivity contribution in [2.24, 2.45) is 0 Å². The molecule has 0 amide bonds. The highest BCUT2D eigenvalue weighted by Gasteiger charge is 2.34. The van der Waals surface area contributed by atoms with E-state index in [2.05, 4.69) is 33.1 Å². The van der Waals surface area contributed by atoms with Crippen LogP contribution in [0.3, 0.4) is 0 Å². The number of fused-ring (bicyclic) bond motifs is 2. The van der Waals surface area contributed by atoms with E-state index in [1.807, 2.05) is 13.8 Å². The Hall–Kier alpha value is -1.38. The van der Waals surface area contributed by atoms with Crippen molar-refractivity contribution in [3.8, 4) is 0 Å². The van der Waals surface area contributed by atoms with Gasteiger partial charge in [0, 0.05) is 23.8 Å². The van der Waals surface area contributed by atoms with E-state index in [4.69, 9.17) is 0 Å². The van der Waals surface area contributed by atoms with E-state index < -0.39 is 0 Å². The lowest BCUT2D eigenvalue weighted by molar-refractivity contribution is 0.638. The minimum Gasteiger partial charge on any atom is -0.347 e. The van der Waals surface area contributed by atoms with Crippen molar-refractivity contribution in [1.29, 1.82) is 0 Å². The maximum Gasteiger partial charge on any atom is 0.133 e. The predicted molar refractivity (Wildman–Crippen MR) is 64.6 cm³/mol. The Labute approximate surface area is 96.2 Å². The standard InChI is InChI=1S/C13H17N3/c1-9-8-13(15-10(2)14-9)16-11-4-3-5-12(16)7-6-11/h3-4,8,11-12H,5-7H2,1-2H3. The van der Waals surface area contributed by atoms with Gasteiger partial charge in [-0.3, -0.25) is 0 Å². The van der Waals surface area contributed by atoms with Crippen molar-refractivity contribution in [2.75, 3.05) is 4.90 Å². The third-order valence-corrected chi connectivity index (χ3v) is 3.53. The summed E-state index contributed by atoms with van der Waals surface area (Å²) >= 11 is 0. The van der Waals surface area contributed by atoms with E-state index in [0.29, 0.717) is 12.1 Å². The smallest absolute Gasteiger partial charge is 0.133 e. The van der Waals surface area contributed by atoms with Crippen molar-refractivity contribution < 1.29 is 0 Å². The van der Waals surface area contributed by atoms with Crippen LogP contribution in [-0.2, 0) is 0 Å². The fourth-order valence-corrected chi connectivity index (χ4v) is 2.91. The molecule has 0 radical (unpaired) electrons. The maximum absolute atomic E-state index is 4.58. The second kappa shape index (κ2) is 3.58. The maximum atomic E-state index is 4.58. The molecular formula is C13H17N3. The molecule has 3 heterocycles. The first kappa shape index (κ1) is 9.82. The van der Waals surface area contributed by atoms with Gasteiger partial charge in [0.2, 0.25) is 0 Å². The largest absolute Gasteiger partial charge is 0.347 e. The quantitative estimate of drug-likeness (QED) is 0.673. The van der Waals surface area contributed by atoms with Crippen LogP contribution in [0.15, 0.2) is 18.2 Å². The number of hydrogen-bond donors (Lipinski definition) is 0. The van der Waals surface area contributed by atoms with Crippen molar-refractivity contribution in [1.82, 2.24) is 9.97 Å². The second-order valence-corrected chi connectivity index (χ2v) is 4.78. The number of nitrogens with zero attached hydrogens (tertiary/aromatic N) is 3. The molecule has 16 heavy (non-hydrogen) atoms. The molecule has 0 aromatic carbocycles. The second-order valence-electron chi connectivity index (χ2n) is 4.78. The van der Waals surface area contributed by atoms with E-state index in [1.165, 1.54) is 19.3 Å². The zero-order chi connectivity index (χ0) is 11.1. The zero-order valence-corrected chi connectivity index (χ0v) is 9.85. The van der Waals surface area contributed by atoms with Crippen LogP contribution in [0.5, 0.6) is 0 Å². The van der Waals surface area contributed by atoms with Gasteiger partial charge in [0.1, 0.15) is 11.6 Å². The normalized spacial score (nSPS) is 27.5. The molecule has 0 saturated carbocycles. The van der Waals surface area contributed by atoms with Crippen molar-refractivity contribution in [3.05, 3.63) is 29.7 Å². The van der Waals surface area contributed by atoms with Gasteiger partial charge in [0.25, 0.3) is 0 Å². The van der Waals surface area contributed by atoms with E-state index >= 15 is 0 Å². The summed E-state index contributed by atoms with van der Waals surface area (Å²) in [6.45, 7) is 4.01. The molecule has 84 valence electrons. The highest BCUT2D eigenvalue weighted by molar-refractivity contribution is 5.47. The minimum atomic E-state index is 0.562. The van der Waals surface area contributed by atoms with Gasteiger partial charge in [0.15, 0.2) is 0 Å². The molecule has 2 atom stereocenters. The number of rotatable bonds is 1. The Morgan fingerprint density at radius 2 is 2.12 bits per heavy atom. The molecule has 2 bridgehead atoms. The summed E-state index contributed by atoms with van der Waals surface area (Å²) in [7, 11) is 0. The number of anilines is 1. The van der Waals surface area contributed by atoms with Gasteiger partial charge in [-0.2, -0.15) is 0 Å². The fraction of sp³-hybridized carbons (Fsp3) is 0.538. The van der Waals surface area contributed by atoms with Crippen molar-refractivity contribution >= 4 is 5.82 Å². The zero-order valence-electron chi connectivity index (χ0n) is 9.85. The first-order chi connectivity index (χ1) is 7.74. The Morgan fingerprint density at radius 1 is 1.25 bits per heavy atom. The summed E-state index contributed by atoms with van der Waals surface area (Å²) in [6, 6.07) is 3.33. The summed E-state index contributed by atoms with van der Waals surface area (Å²) in [5, 5.41) is 0. The lowest BCUT2D eigenvalue weighted by Crippen LogP contribution is -2.38. The molecule has 0 N–H and O–H groups in total. The van der Waals surface area contributed by atoms with Crippen LogP contribution in [0.25, 0.3) is 0 Å². The Bertz CT molecular complexity index is 419. The van der Waals surface area contributed by atoms with Crippen LogP contribution in [0.4, 0.5) is 5.82 Å². The summed E-state index contributed by atoms with van der Waals surface area (Å²) in [5.74, 6) is 1.99. The lowest BCUT2D eigenvalue weighted by Gasteiger charge is -2.32. The third-order valence-electron chi connectivity index (χ3n) is 3.53. The summed E-state index contributed by atoms with van der Waals surface area (Å²) in [6.07, 6.45) is 8.37. The number of aryl methyl sites for hydroxylation is 2. The molecule has 1 fully saturated rings. The molecule has 0 aliphatic carbocycles. The van der Waals surface area contributed by atoms with E-state index in [1.54, 1.807) is 0 Å². The van der Waals surface area contributed by atoms with Gasteiger partial charge in [0.05, 0.1) is 0 Å². The molecule has 3 rings (SSSR count). The minimum absolute atomic E-state index is 0.562. The molecule has 0 spiro atoms. The Morgan fingerprint density at radius 3 is 2.88 bits per heavy atom. The lowest BCUT2D eigenvalue weighted by atomic mass is 10.1. The van der Waals surface area contributed by atoms with Gasteiger partial charge in [-0.05, 0) is 33.1 Å². The molecule has 1 saturated heterocycles. The molecule has 2 unspecified atom stereocenters. The highest BCUT2D eigenvalue weighted by Crippen LogP contribution is 2.35. The van der Waals surface area contributed by atoms with Crippen LogP contribution < -0.4 is 4.90 Å². The third kappa shape index (κ3) is 1.51. The molecule has 2 aliphatic rings. The van der Waals surface area contributed by atoms with Crippen LogP contribution in [-0.4, -0.2) is 22.1 Å². The topological polar surface area (TPSA) is 29.0 Å². The number of aromatic nitrogens is 2. The van der Waals surface area contributed by atoms with Crippen molar-refractivity contribution in [3.63, 3.8) is 0 Å². The number of hydrogen-bond acceptors (Lipinski definition) is 3. The van der Waals surface area contributed by atoms with E-state index in [9.17, 15) is 0 Å². The van der Waals surface area contributed by atoms with Gasteiger partial charge in [-0.15, -0.1) is 0 Å².